The fraction of sp³-hybridized carbons (Fsp3) is 0.923. The number of nitrogens with zero attached hydrogens (tertiary/aromatic N) is 1. The van der Waals surface area contributed by atoms with Gasteiger partial charge in [0.25, 0.3) is 0 Å². The number of hydrogen-bond donors (Lipinski definition) is 1. The van der Waals surface area contributed by atoms with E-state index in [1.54, 1.807) is 7.11 Å². The van der Waals surface area contributed by atoms with Crippen molar-refractivity contribution in [3.8, 4) is 0 Å². The second-order valence-corrected chi connectivity index (χ2v) is 5.71. The topological polar surface area (TPSA) is 49.8 Å². The Balaban J connectivity index is 2.33. The maximum atomic E-state index is 12.4. The third kappa shape index (κ3) is 1.83. The number of ether oxygens (including phenoxy) is 1. The van der Waals surface area contributed by atoms with E-state index >= 15 is 0 Å². The maximum absolute atomic E-state index is 12.4. The minimum Gasteiger partial charge on any atom is -0.394 e. The van der Waals surface area contributed by atoms with Crippen LogP contribution in [0.15, 0.2) is 0 Å². The van der Waals surface area contributed by atoms with Crippen LogP contribution >= 0.6 is 0 Å². The van der Waals surface area contributed by atoms with Gasteiger partial charge in [-0.2, -0.15) is 0 Å². The molecule has 1 unspecified atom stereocenters. The number of piperidine rings is 3. The highest BCUT2D eigenvalue weighted by Gasteiger charge is 2.56. The molecule has 4 nitrogen and oxygen atoms in total. The van der Waals surface area contributed by atoms with Crippen molar-refractivity contribution >= 4 is 5.78 Å². The summed E-state index contributed by atoms with van der Waals surface area (Å²) >= 11 is 0. The largest absolute Gasteiger partial charge is 0.394 e. The highest BCUT2D eigenvalue weighted by atomic mass is 16.5. The van der Waals surface area contributed by atoms with E-state index in [9.17, 15) is 9.90 Å². The lowest BCUT2D eigenvalue weighted by molar-refractivity contribution is -0.168. The average molecular weight is 241 g/mol. The van der Waals surface area contributed by atoms with E-state index in [0.29, 0.717) is 18.6 Å². The van der Waals surface area contributed by atoms with E-state index < -0.39 is 5.54 Å². The predicted octanol–water partition coefficient (Wildman–Crippen LogP) is 0.683. The molecule has 3 fully saturated rings. The number of carbonyl (C=O) groups excluding carboxylic acids is 1. The van der Waals surface area contributed by atoms with Gasteiger partial charge in [0.1, 0.15) is 5.54 Å². The van der Waals surface area contributed by atoms with Gasteiger partial charge in [-0.1, -0.05) is 13.8 Å². The van der Waals surface area contributed by atoms with Gasteiger partial charge in [0.2, 0.25) is 0 Å². The molecule has 0 spiro atoms. The average Bonchev–Trinajstić information content (AvgIpc) is 2.33. The molecule has 17 heavy (non-hydrogen) atoms. The van der Waals surface area contributed by atoms with Gasteiger partial charge in [-0.25, -0.2) is 0 Å². The van der Waals surface area contributed by atoms with Crippen LogP contribution in [0.3, 0.4) is 0 Å². The number of Topliss-reactive ketones (excluding diaryl/α,β-unsaturated/α-hetero) is 1. The zero-order valence-electron chi connectivity index (χ0n) is 11.0. The predicted molar refractivity (Wildman–Crippen MR) is 64.8 cm³/mol. The number of hydrogen-bond acceptors (Lipinski definition) is 4. The first-order chi connectivity index (χ1) is 8.06. The molecule has 0 saturated carbocycles. The number of ketones is 1. The van der Waals surface area contributed by atoms with Crippen molar-refractivity contribution in [2.24, 2.45) is 11.8 Å². The molecule has 3 rings (SSSR count). The quantitative estimate of drug-likeness (QED) is 0.786. The van der Waals surface area contributed by atoms with Crippen molar-refractivity contribution in [3.63, 3.8) is 0 Å². The molecular formula is C13H23NO3. The molecule has 0 aromatic rings. The normalized spacial score (nSPS) is 41.2. The van der Waals surface area contributed by atoms with Gasteiger partial charge < -0.3 is 9.84 Å². The van der Waals surface area contributed by atoms with Crippen molar-refractivity contribution in [1.29, 1.82) is 0 Å². The summed E-state index contributed by atoms with van der Waals surface area (Å²) in [5.41, 5.74) is -0.773. The van der Waals surface area contributed by atoms with E-state index in [1.165, 1.54) is 0 Å². The first kappa shape index (κ1) is 13.0. The second kappa shape index (κ2) is 4.67. The molecule has 4 heteroatoms. The minimum absolute atomic E-state index is 0.120. The van der Waals surface area contributed by atoms with Gasteiger partial charge in [0.05, 0.1) is 13.2 Å². The van der Waals surface area contributed by atoms with Gasteiger partial charge in [-0.15, -0.1) is 0 Å². The van der Waals surface area contributed by atoms with E-state index in [0.717, 1.165) is 19.4 Å². The van der Waals surface area contributed by atoms with Gasteiger partial charge in [0.15, 0.2) is 5.78 Å². The van der Waals surface area contributed by atoms with Gasteiger partial charge in [0, 0.05) is 25.6 Å². The van der Waals surface area contributed by atoms with Crippen LogP contribution in [0.2, 0.25) is 0 Å². The van der Waals surface area contributed by atoms with E-state index in [2.05, 4.69) is 18.7 Å². The molecule has 0 amide bonds. The number of carbonyl (C=O) groups is 1. The molecule has 0 radical (unpaired) electrons. The molecule has 3 saturated heterocycles. The van der Waals surface area contributed by atoms with Crippen molar-refractivity contribution < 1.29 is 14.6 Å². The Kier molecular flexibility index (Phi) is 3.57. The molecule has 98 valence electrons. The van der Waals surface area contributed by atoms with Crippen LogP contribution in [0.25, 0.3) is 0 Å². The Hall–Kier alpha value is -0.450. The highest BCUT2D eigenvalue weighted by Crippen LogP contribution is 2.42. The van der Waals surface area contributed by atoms with Gasteiger partial charge >= 0.3 is 0 Å². The molecule has 3 aliphatic heterocycles. The molecule has 3 aliphatic rings. The lowest BCUT2D eigenvalue weighted by Gasteiger charge is -2.57. The second-order valence-electron chi connectivity index (χ2n) is 5.71. The van der Waals surface area contributed by atoms with Crippen LogP contribution in [0.1, 0.15) is 26.7 Å². The molecule has 4 atom stereocenters. The summed E-state index contributed by atoms with van der Waals surface area (Å²) in [5.74, 6) is 0.813. The lowest BCUT2D eigenvalue weighted by Crippen LogP contribution is -2.72. The summed E-state index contributed by atoms with van der Waals surface area (Å²) in [6, 6.07) is 0.397. The Morgan fingerprint density at radius 3 is 2.82 bits per heavy atom. The first-order valence-electron chi connectivity index (χ1n) is 6.47. The Morgan fingerprint density at radius 2 is 2.29 bits per heavy atom. The number of aliphatic hydroxyl groups excluding tert-OH is 1. The van der Waals surface area contributed by atoms with Gasteiger partial charge in [-0.3, -0.25) is 9.69 Å². The monoisotopic (exact) mass is 241 g/mol. The Bertz CT molecular complexity index is 305. The third-order valence-electron chi connectivity index (χ3n) is 4.44. The van der Waals surface area contributed by atoms with Crippen LogP contribution in [0.5, 0.6) is 0 Å². The van der Waals surface area contributed by atoms with Crippen molar-refractivity contribution in [1.82, 2.24) is 4.90 Å². The summed E-state index contributed by atoms with van der Waals surface area (Å²) < 4.78 is 5.20. The standard InChI is InChI=1S/C13H23NO3/c1-9(2)11-6-10-4-5-14(11)13(7-15,8-17-3)12(10)16/h9-11,15H,4-8H2,1-3H3/t10-,11-,13+/m1/s1. The number of aliphatic hydroxyl groups is 1. The third-order valence-corrected chi connectivity index (χ3v) is 4.44. The molecule has 0 aromatic carbocycles. The summed E-state index contributed by atoms with van der Waals surface area (Å²) in [6.45, 7) is 5.46. The zero-order valence-corrected chi connectivity index (χ0v) is 11.0. The van der Waals surface area contributed by atoms with Crippen molar-refractivity contribution in [2.75, 3.05) is 26.9 Å². The first-order valence-corrected chi connectivity index (χ1v) is 6.47. The highest BCUT2D eigenvalue weighted by molar-refractivity contribution is 5.92. The van der Waals surface area contributed by atoms with Crippen LogP contribution in [-0.2, 0) is 9.53 Å². The summed E-state index contributed by atoms with van der Waals surface area (Å²) in [7, 11) is 1.60. The van der Waals surface area contributed by atoms with E-state index in [-0.39, 0.29) is 18.3 Å². The number of fused-ring (bicyclic) bond motifs is 3. The fourth-order valence-corrected chi connectivity index (χ4v) is 3.53. The van der Waals surface area contributed by atoms with Crippen LogP contribution in [-0.4, -0.2) is 54.2 Å². The van der Waals surface area contributed by atoms with Gasteiger partial charge in [-0.05, 0) is 18.8 Å². The number of rotatable bonds is 4. The summed E-state index contributed by atoms with van der Waals surface area (Å²) in [6.07, 6.45) is 1.88. The van der Waals surface area contributed by atoms with E-state index in [1.807, 2.05) is 0 Å². The summed E-state index contributed by atoms with van der Waals surface area (Å²) in [4.78, 5) is 14.6. The molecule has 3 heterocycles. The summed E-state index contributed by atoms with van der Waals surface area (Å²) in [5, 5.41) is 9.72. The fourth-order valence-electron chi connectivity index (χ4n) is 3.53. The Morgan fingerprint density at radius 1 is 1.59 bits per heavy atom. The van der Waals surface area contributed by atoms with E-state index in [4.69, 9.17) is 4.74 Å². The Labute approximate surface area is 103 Å². The molecule has 1 N–H and O–H groups in total. The lowest BCUT2D eigenvalue weighted by atomic mass is 9.69. The van der Waals surface area contributed by atoms with Crippen LogP contribution < -0.4 is 0 Å². The van der Waals surface area contributed by atoms with Crippen molar-refractivity contribution in [2.45, 2.75) is 38.3 Å². The SMILES string of the molecule is COC[C@@]1(CO)C(=O)[C@@H]2CCN1[C@@H](C(C)C)C2. The molecule has 0 aromatic heterocycles. The van der Waals surface area contributed by atoms with Crippen LogP contribution in [0, 0.1) is 11.8 Å². The smallest absolute Gasteiger partial charge is 0.161 e. The maximum Gasteiger partial charge on any atom is 0.161 e. The molecule has 0 aliphatic carbocycles. The van der Waals surface area contributed by atoms with Crippen LogP contribution in [0.4, 0.5) is 0 Å². The van der Waals surface area contributed by atoms with Crippen molar-refractivity contribution in [3.05, 3.63) is 0 Å². The molecule has 2 bridgehead atoms. The zero-order chi connectivity index (χ0) is 12.6. The minimum atomic E-state index is -0.773. The number of methoxy groups -OCH3 is 1. The molecular weight excluding hydrogens is 218 g/mol.